The van der Waals surface area contributed by atoms with Crippen molar-refractivity contribution in [1.29, 1.82) is 0 Å². The maximum atomic E-state index is 11.1. The van der Waals surface area contributed by atoms with Crippen LogP contribution >= 0.6 is 0 Å². The molecule has 0 spiro atoms. The summed E-state index contributed by atoms with van der Waals surface area (Å²) in [7, 11) is 3.35. The second-order valence-corrected chi connectivity index (χ2v) is 7.85. The lowest BCUT2D eigenvalue weighted by Crippen LogP contribution is -2.18. The first-order valence-corrected chi connectivity index (χ1v) is 10.2. The van der Waals surface area contributed by atoms with Gasteiger partial charge in [-0.3, -0.25) is 0 Å². The van der Waals surface area contributed by atoms with E-state index in [1.165, 1.54) is 0 Å². The Kier molecular flexibility index (Phi) is 4.43. The molecule has 0 amide bonds. The van der Waals surface area contributed by atoms with E-state index in [-0.39, 0.29) is 17.8 Å². The number of benzene rings is 4. The van der Waals surface area contributed by atoms with Gasteiger partial charge in [0, 0.05) is 32.7 Å². The summed E-state index contributed by atoms with van der Waals surface area (Å²) in [5.41, 5.74) is 1.89. The van der Waals surface area contributed by atoms with Crippen LogP contribution in [-0.4, -0.2) is 19.3 Å². The molecule has 4 nitrogen and oxygen atoms in total. The largest absolute Gasteiger partial charge is 0.507 e. The van der Waals surface area contributed by atoms with E-state index >= 15 is 0 Å². The van der Waals surface area contributed by atoms with E-state index in [9.17, 15) is 5.11 Å². The van der Waals surface area contributed by atoms with Crippen molar-refractivity contribution in [2.24, 2.45) is 0 Å². The van der Waals surface area contributed by atoms with E-state index in [4.69, 9.17) is 14.2 Å². The molecule has 152 valence electrons. The third-order valence-corrected chi connectivity index (χ3v) is 6.14. The molecule has 2 atom stereocenters. The fourth-order valence-corrected chi connectivity index (χ4v) is 4.59. The number of hydrogen-bond donors (Lipinski definition) is 1. The number of phenols is 1. The summed E-state index contributed by atoms with van der Waals surface area (Å²) in [4.78, 5) is 0. The normalized spacial score (nSPS) is 18.1. The van der Waals surface area contributed by atoms with Crippen LogP contribution in [0.15, 0.2) is 60.7 Å². The van der Waals surface area contributed by atoms with Crippen LogP contribution < -0.4 is 14.2 Å². The molecular formula is C26H24O4. The van der Waals surface area contributed by atoms with Crippen LogP contribution in [0.4, 0.5) is 0 Å². The Hall–Kier alpha value is -3.40. The summed E-state index contributed by atoms with van der Waals surface area (Å²) in [5.74, 6) is 2.95. The van der Waals surface area contributed by atoms with Gasteiger partial charge >= 0.3 is 0 Å². The van der Waals surface area contributed by atoms with Crippen molar-refractivity contribution in [2.75, 3.05) is 14.2 Å². The van der Waals surface area contributed by atoms with Crippen LogP contribution in [0.25, 0.3) is 21.5 Å². The number of methoxy groups -OCH3 is 2. The van der Waals surface area contributed by atoms with Crippen molar-refractivity contribution < 1.29 is 19.3 Å². The summed E-state index contributed by atoms with van der Waals surface area (Å²) >= 11 is 0. The van der Waals surface area contributed by atoms with Gasteiger partial charge in [-0.05, 0) is 24.5 Å². The Morgan fingerprint density at radius 2 is 1.33 bits per heavy atom. The van der Waals surface area contributed by atoms with Crippen LogP contribution in [0.2, 0.25) is 0 Å². The number of aromatic hydroxyl groups is 1. The van der Waals surface area contributed by atoms with Crippen LogP contribution in [-0.2, 0) is 0 Å². The third-order valence-electron chi connectivity index (χ3n) is 6.14. The van der Waals surface area contributed by atoms with Gasteiger partial charge in [-0.25, -0.2) is 0 Å². The quantitative estimate of drug-likeness (QED) is 0.436. The molecule has 0 radical (unpaired) electrons. The minimum absolute atomic E-state index is 0.245. The van der Waals surface area contributed by atoms with Gasteiger partial charge in [0.2, 0.25) is 0 Å². The van der Waals surface area contributed by atoms with Gasteiger partial charge in [-0.1, -0.05) is 55.5 Å². The zero-order chi connectivity index (χ0) is 20.8. The van der Waals surface area contributed by atoms with E-state index < -0.39 is 0 Å². The first-order valence-electron chi connectivity index (χ1n) is 10.2. The second kappa shape index (κ2) is 7.13. The van der Waals surface area contributed by atoms with Crippen molar-refractivity contribution in [3.05, 3.63) is 71.8 Å². The molecule has 30 heavy (non-hydrogen) atoms. The average Bonchev–Trinajstić information content (AvgIpc) is 2.79. The molecule has 4 heteroatoms. The highest BCUT2D eigenvalue weighted by molar-refractivity contribution is 5.96. The highest BCUT2D eigenvalue weighted by Crippen LogP contribution is 2.50. The molecule has 1 aliphatic heterocycles. The smallest absolute Gasteiger partial charge is 0.131 e. The lowest BCUT2D eigenvalue weighted by atomic mass is 9.86. The number of fused-ring (bicyclic) bond motifs is 4. The summed E-state index contributed by atoms with van der Waals surface area (Å²) in [5, 5.41) is 14.8. The van der Waals surface area contributed by atoms with Gasteiger partial charge in [-0.2, -0.15) is 0 Å². The maximum Gasteiger partial charge on any atom is 0.131 e. The summed E-state index contributed by atoms with van der Waals surface area (Å²) in [6.07, 6.45) is 0.478. The summed E-state index contributed by atoms with van der Waals surface area (Å²) < 4.78 is 17.8. The Morgan fingerprint density at radius 3 is 1.97 bits per heavy atom. The van der Waals surface area contributed by atoms with E-state index in [1.807, 2.05) is 48.5 Å². The van der Waals surface area contributed by atoms with Gasteiger partial charge in [0.25, 0.3) is 0 Å². The van der Waals surface area contributed by atoms with Crippen molar-refractivity contribution in [3.63, 3.8) is 0 Å². The van der Waals surface area contributed by atoms with Crippen LogP contribution in [0.5, 0.6) is 23.0 Å². The molecular weight excluding hydrogens is 376 g/mol. The molecule has 5 rings (SSSR count). The zero-order valence-electron chi connectivity index (χ0n) is 17.3. The minimum Gasteiger partial charge on any atom is -0.507 e. The van der Waals surface area contributed by atoms with E-state index in [1.54, 1.807) is 14.2 Å². The van der Waals surface area contributed by atoms with Gasteiger partial charge < -0.3 is 19.3 Å². The van der Waals surface area contributed by atoms with Gasteiger partial charge in [0.05, 0.1) is 14.2 Å². The molecule has 1 aliphatic rings. The van der Waals surface area contributed by atoms with Gasteiger partial charge in [0.1, 0.15) is 29.1 Å². The summed E-state index contributed by atoms with van der Waals surface area (Å²) in [6, 6.07) is 19.8. The Labute approximate surface area is 175 Å². The fraction of sp³-hybridized carbons (Fsp3) is 0.231. The average molecular weight is 400 g/mol. The highest BCUT2D eigenvalue weighted by atomic mass is 16.5. The second-order valence-electron chi connectivity index (χ2n) is 7.85. The Balaban J connectivity index is 1.69. The molecule has 0 aromatic heterocycles. The number of hydrogen-bond acceptors (Lipinski definition) is 4. The van der Waals surface area contributed by atoms with Crippen LogP contribution in [0.1, 0.15) is 36.5 Å². The molecule has 0 unspecified atom stereocenters. The number of phenolic OH excluding ortho intramolecular Hbond substituents is 1. The molecule has 0 fully saturated rings. The van der Waals surface area contributed by atoms with Crippen LogP contribution in [0.3, 0.4) is 0 Å². The van der Waals surface area contributed by atoms with E-state index in [2.05, 4.69) is 19.1 Å². The number of ether oxygens (including phenoxy) is 3. The molecule has 0 bridgehead atoms. The Morgan fingerprint density at radius 1 is 0.800 bits per heavy atom. The monoisotopic (exact) mass is 400 g/mol. The molecule has 4 aromatic carbocycles. The van der Waals surface area contributed by atoms with Gasteiger partial charge in [-0.15, -0.1) is 0 Å². The zero-order valence-corrected chi connectivity index (χ0v) is 17.3. The van der Waals surface area contributed by atoms with Crippen LogP contribution in [0, 0.1) is 0 Å². The minimum atomic E-state index is -0.275. The topological polar surface area (TPSA) is 47.9 Å². The predicted molar refractivity (Wildman–Crippen MR) is 119 cm³/mol. The maximum absolute atomic E-state index is 11.1. The molecule has 1 N–H and O–H groups in total. The molecule has 4 aromatic rings. The van der Waals surface area contributed by atoms with E-state index in [0.717, 1.165) is 56.3 Å². The third kappa shape index (κ3) is 2.75. The van der Waals surface area contributed by atoms with Crippen molar-refractivity contribution in [3.8, 4) is 23.0 Å². The first-order chi connectivity index (χ1) is 14.6. The van der Waals surface area contributed by atoms with Crippen molar-refractivity contribution in [1.82, 2.24) is 0 Å². The fourth-order valence-electron chi connectivity index (χ4n) is 4.59. The molecule has 0 aliphatic carbocycles. The first kappa shape index (κ1) is 18.6. The lowest BCUT2D eigenvalue weighted by Gasteiger charge is -2.33. The van der Waals surface area contributed by atoms with Crippen molar-refractivity contribution in [2.45, 2.75) is 25.4 Å². The van der Waals surface area contributed by atoms with E-state index in [0.29, 0.717) is 0 Å². The molecule has 1 heterocycles. The SMILES string of the molecule is COc1cc([C@@H]2C[C@@H](C)c3cc(OC)c4ccccc4c3O2)c(O)c2ccccc12. The Bertz CT molecular complexity index is 1260. The highest BCUT2D eigenvalue weighted by Gasteiger charge is 2.32. The van der Waals surface area contributed by atoms with Gasteiger partial charge in [0.15, 0.2) is 0 Å². The summed E-state index contributed by atoms with van der Waals surface area (Å²) in [6.45, 7) is 2.19. The molecule has 0 saturated carbocycles. The molecule has 0 saturated heterocycles. The number of rotatable bonds is 3. The lowest BCUT2D eigenvalue weighted by molar-refractivity contribution is 0.163. The standard InChI is InChI=1S/C26H24O4/c1-15-12-24(21-14-23(29-3)16-8-4-6-10-18(16)25(21)27)30-26-19-11-7-5-9-17(19)22(28-2)13-20(15)26/h4-11,13-15,24,27H,12H2,1-3H3/t15-,24+/m1/s1. The van der Waals surface area contributed by atoms with Crippen molar-refractivity contribution >= 4 is 21.5 Å². The predicted octanol–water partition coefficient (Wildman–Crippen LogP) is 6.34.